The van der Waals surface area contributed by atoms with E-state index >= 15 is 0 Å². The fourth-order valence-electron chi connectivity index (χ4n) is 1.75. The van der Waals surface area contributed by atoms with Gasteiger partial charge in [0.15, 0.2) is 0 Å². The molecule has 2 rings (SSSR count). The molecule has 0 aromatic heterocycles. The maximum absolute atomic E-state index is 13.5. The first-order valence-corrected chi connectivity index (χ1v) is 5.34. The van der Waals surface area contributed by atoms with Gasteiger partial charge >= 0.3 is 5.97 Å². The maximum atomic E-state index is 13.5. The molecule has 0 radical (unpaired) electrons. The number of carboxylic acid groups (broad SMARTS) is 1. The van der Waals surface area contributed by atoms with Crippen molar-refractivity contribution in [3.8, 4) is 0 Å². The average molecular weight is 278 g/mol. The molecule has 1 amide bonds. The molecule has 1 aliphatic heterocycles. The number of halogens is 3. The van der Waals surface area contributed by atoms with Gasteiger partial charge in [-0.05, 0) is 12.1 Å². The van der Waals surface area contributed by atoms with Crippen molar-refractivity contribution in [2.45, 2.75) is 12.1 Å². The highest BCUT2D eigenvalue weighted by atomic mass is 35.5. The zero-order valence-electron chi connectivity index (χ0n) is 8.21. The zero-order chi connectivity index (χ0) is 12.7. The molecule has 2 unspecified atom stereocenters. The van der Waals surface area contributed by atoms with Crippen molar-refractivity contribution >= 4 is 40.8 Å². The number of alkyl halides is 1. The third-order valence-electron chi connectivity index (χ3n) is 2.51. The van der Waals surface area contributed by atoms with Gasteiger partial charge in [0, 0.05) is 10.6 Å². The van der Waals surface area contributed by atoms with Gasteiger partial charge in [0.1, 0.15) is 5.92 Å². The predicted molar refractivity (Wildman–Crippen MR) is 60.4 cm³/mol. The molecule has 0 spiro atoms. The fraction of sp³-hybridized carbons (Fsp3) is 0.200. The molecule has 2 N–H and O–H groups in total. The summed E-state index contributed by atoms with van der Waals surface area (Å²) >= 11 is 11.7. The van der Waals surface area contributed by atoms with Gasteiger partial charge in [-0.2, -0.15) is 0 Å². The van der Waals surface area contributed by atoms with Crippen molar-refractivity contribution in [2.75, 3.05) is 5.32 Å². The van der Waals surface area contributed by atoms with Crippen molar-refractivity contribution in [3.63, 3.8) is 0 Å². The highest BCUT2D eigenvalue weighted by molar-refractivity contribution is 6.38. The molecule has 0 saturated carbocycles. The van der Waals surface area contributed by atoms with Crippen molar-refractivity contribution in [2.24, 2.45) is 0 Å². The van der Waals surface area contributed by atoms with Crippen LogP contribution < -0.4 is 5.32 Å². The number of amides is 1. The summed E-state index contributed by atoms with van der Waals surface area (Å²) in [7, 11) is 0. The minimum absolute atomic E-state index is 0.0964. The van der Waals surface area contributed by atoms with Crippen LogP contribution in [0.25, 0.3) is 0 Å². The molecule has 0 saturated heterocycles. The monoisotopic (exact) mass is 277 g/mol. The zero-order valence-corrected chi connectivity index (χ0v) is 9.72. The van der Waals surface area contributed by atoms with Gasteiger partial charge in [-0.15, -0.1) is 0 Å². The number of nitrogens with one attached hydrogen (secondary N) is 1. The standard InChI is InChI=1S/C10H6Cl2FNO3/c11-3-1-2-4(12)8-5(3)6(9(15)14-8)7(13)10(16)17/h1-2,6-7H,(H,14,15)(H,16,17). The Labute approximate surface area is 105 Å². The van der Waals surface area contributed by atoms with E-state index in [1.165, 1.54) is 12.1 Å². The first kappa shape index (κ1) is 12.1. The van der Waals surface area contributed by atoms with Gasteiger partial charge in [0.2, 0.25) is 12.1 Å². The predicted octanol–water partition coefficient (Wildman–Crippen LogP) is 2.45. The molecule has 1 heterocycles. The van der Waals surface area contributed by atoms with Gasteiger partial charge in [0.05, 0.1) is 10.7 Å². The number of carboxylic acids is 1. The maximum Gasteiger partial charge on any atom is 0.339 e. The van der Waals surface area contributed by atoms with Crippen LogP contribution >= 0.6 is 23.2 Å². The molecule has 0 bridgehead atoms. The van der Waals surface area contributed by atoms with E-state index in [4.69, 9.17) is 28.3 Å². The quantitative estimate of drug-likeness (QED) is 0.873. The van der Waals surface area contributed by atoms with Crippen LogP contribution in [0.2, 0.25) is 10.0 Å². The summed E-state index contributed by atoms with van der Waals surface area (Å²) in [6.07, 6.45) is -2.35. The largest absolute Gasteiger partial charge is 0.479 e. The lowest BCUT2D eigenvalue weighted by Crippen LogP contribution is -2.28. The molecule has 1 aliphatic rings. The Kier molecular flexibility index (Phi) is 2.97. The molecule has 1 aromatic rings. The van der Waals surface area contributed by atoms with E-state index in [1.54, 1.807) is 0 Å². The average Bonchev–Trinajstić information content (AvgIpc) is 2.61. The summed E-state index contributed by atoms with van der Waals surface area (Å²) in [6.45, 7) is 0. The normalized spacial score (nSPS) is 19.7. The summed E-state index contributed by atoms with van der Waals surface area (Å²) in [5.74, 6) is -3.94. The molecule has 90 valence electrons. The van der Waals surface area contributed by atoms with Crippen LogP contribution in [0.1, 0.15) is 11.5 Å². The second-order valence-electron chi connectivity index (χ2n) is 3.52. The van der Waals surface area contributed by atoms with Crippen LogP contribution in [-0.2, 0) is 9.59 Å². The van der Waals surface area contributed by atoms with Crippen LogP contribution in [-0.4, -0.2) is 23.2 Å². The van der Waals surface area contributed by atoms with Crippen molar-refractivity contribution in [1.82, 2.24) is 0 Å². The Bertz CT molecular complexity index is 521. The third-order valence-corrected chi connectivity index (χ3v) is 3.16. The lowest BCUT2D eigenvalue weighted by Gasteiger charge is -2.11. The Hall–Kier alpha value is -1.33. The lowest BCUT2D eigenvalue weighted by molar-refractivity contribution is -0.145. The Morgan fingerprint density at radius 2 is 2.00 bits per heavy atom. The third kappa shape index (κ3) is 1.85. The number of hydrogen-bond donors (Lipinski definition) is 2. The number of carbonyl (C=O) groups excluding carboxylic acids is 1. The number of anilines is 1. The van der Waals surface area contributed by atoms with Crippen LogP contribution in [0.15, 0.2) is 12.1 Å². The summed E-state index contributed by atoms with van der Waals surface area (Å²) in [6, 6.07) is 2.84. The van der Waals surface area contributed by atoms with Crippen molar-refractivity contribution < 1.29 is 19.1 Å². The van der Waals surface area contributed by atoms with Crippen LogP contribution in [0.4, 0.5) is 10.1 Å². The first-order valence-electron chi connectivity index (χ1n) is 4.59. The molecule has 2 atom stereocenters. The number of carbonyl (C=O) groups is 2. The number of aliphatic carboxylic acids is 1. The van der Waals surface area contributed by atoms with Gasteiger partial charge < -0.3 is 10.4 Å². The molecular formula is C10H6Cl2FNO3. The fourth-order valence-corrected chi connectivity index (χ4v) is 2.24. The summed E-state index contributed by atoms with van der Waals surface area (Å²) in [4.78, 5) is 22.2. The van der Waals surface area contributed by atoms with E-state index in [2.05, 4.69) is 5.32 Å². The van der Waals surface area contributed by atoms with E-state index in [-0.39, 0.29) is 21.3 Å². The molecule has 4 nitrogen and oxygen atoms in total. The van der Waals surface area contributed by atoms with E-state index in [0.717, 1.165) is 0 Å². The van der Waals surface area contributed by atoms with Crippen LogP contribution in [0.3, 0.4) is 0 Å². The summed E-state index contributed by atoms with van der Waals surface area (Å²) in [5.41, 5.74) is 0.275. The molecule has 7 heteroatoms. The lowest BCUT2D eigenvalue weighted by atomic mass is 9.95. The Morgan fingerprint density at radius 3 is 2.59 bits per heavy atom. The molecule has 17 heavy (non-hydrogen) atoms. The Morgan fingerprint density at radius 1 is 1.41 bits per heavy atom. The van der Waals surface area contributed by atoms with Gasteiger partial charge in [-0.25, -0.2) is 9.18 Å². The van der Waals surface area contributed by atoms with E-state index < -0.39 is 24.0 Å². The van der Waals surface area contributed by atoms with Crippen molar-refractivity contribution in [1.29, 1.82) is 0 Å². The first-order chi connectivity index (χ1) is 7.93. The number of hydrogen-bond acceptors (Lipinski definition) is 2. The van der Waals surface area contributed by atoms with Gasteiger partial charge in [0.25, 0.3) is 0 Å². The molecular weight excluding hydrogens is 272 g/mol. The number of rotatable bonds is 2. The second-order valence-corrected chi connectivity index (χ2v) is 4.34. The van der Waals surface area contributed by atoms with Gasteiger partial charge in [-0.3, -0.25) is 4.79 Å². The van der Waals surface area contributed by atoms with Crippen LogP contribution in [0.5, 0.6) is 0 Å². The Balaban J connectivity index is 2.57. The number of benzene rings is 1. The SMILES string of the molecule is O=C(O)C(F)C1C(=O)Nc2c(Cl)ccc(Cl)c21. The highest BCUT2D eigenvalue weighted by Crippen LogP contribution is 2.44. The van der Waals surface area contributed by atoms with Crippen LogP contribution in [0, 0.1) is 0 Å². The van der Waals surface area contributed by atoms with Crippen molar-refractivity contribution in [3.05, 3.63) is 27.7 Å². The van der Waals surface area contributed by atoms with E-state index in [1.807, 2.05) is 0 Å². The van der Waals surface area contributed by atoms with E-state index in [0.29, 0.717) is 0 Å². The highest BCUT2D eigenvalue weighted by Gasteiger charge is 2.43. The minimum Gasteiger partial charge on any atom is -0.479 e. The summed E-state index contributed by atoms with van der Waals surface area (Å²) < 4.78 is 13.5. The van der Waals surface area contributed by atoms with Gasteiger partial charge in [-0.1, -0.05) is 23.2 Å². The topological polar surface area (TPSA) is 66.4 Å². The second kappa shape index (κ2) is 4.16. The number of fused-ring (bicyclic) bond motifs is 1. The molecule has 1 aromatic carbocycles. The smallest absolute Gasteiger partial charge is 0.339 e. The molecule has 0 aliphatic carbocycles. The minimum atomic E-state index is -2.35. The van der Waals surface area contributed by atoms with E-state index in [9.17, 15) is 14.0 Å². The summed E-state index contributed by atoms with van der Waals surface area (Å²) in [5, 5.41) is 11.2. The molecule has 0 fully saturated rings.